The van der Waals surface area contributed by atoms with Gasteiger partial charge in [-0.1, -0.05) is 0 Å². The van der Waals surface area contributed by atoms with Crippen molar-refractivity contribution in [3.63, 3.8) is 0 Å². The second-order valence-corrected chi connectivity index (χ2v) is 4.25. The van der Waals surface area contributed by atoms with Crippen molar-refractivity contribution in [2.24, 2.45) is 4.99 Å². The monoisotopic (exact) mass is 262 g/mol. The average Bonchev–Trinajstić information content (AvgIpc) is 2.90. The topological polar surface area (TPSA) is 88.0 Å². The highest BCUT2D eigenvalue weighted by Gasteiger charge is 2.17. The maximum absolute atomic E-state index is 11.2. The van der Waals surface area contributed by atoms with Crippen molar-refractivity contribution in [3.8, 4) is 0 Å². The van der Waals surface area contributed by atoms with Crippen LogP contribution in [0.4, 0.5) is 11.4 Å². The molecule has 0 radical (unpaired) electrons. The number of nitrogens with zero attached hydrogens (tertiary/aromatic N) is 1. The highest BCUT2D eigenvalue weighted by molar-refractivity contribution is 5.95. The van der Waals surface area contributed by atoms with Crippen molar-refractivity contribution in [3.05, 3.63) is 23.8 Å². The summed E-state index contributed by atoms with van der Waals surface area (Å²) in [4.78, 5) is 24.7. The minimum absolute atomic E-state index is 0.0782. The van der Waals surface area contributed by atoms with Crippen LogP contribution >= 0.6 is 0 Å². The molecule has 0 aromatic heterocycles. The van der Waals surface area contributed by atoms with Gasteiger partial charge >= 0.3 is 5.97 Å². The molecule has 6 heteroatoms. The molecule has 100 valence electrons. The molecule has 0 saturated carbocycles. The Labute approximate surface area is 110 Å². The molecule has 1 aromatic carbocycles. The molecular weight excluding hydrogens is 248 g/mol. The molecule has 0 spiro atoms. The van der Waals surface area contributed by atoms with Gasteiger partial charge in [0, 0.05) is 18.8 Å². The number of anilines is 1. The lowest BCUT2D eigenvalue weighted by molar-refractivity contribution is 0.0697. The van der Waals surface area contributed by atoms with E-state index in [-0.39, 0.29) is 17.4 Å². The standard InChI is InChI=1S/C13H14N2O4/c16-8-15-9-3-4-12(11(6-9)13(17)18)14-7-10-2-1-5-19-10/h3-4,6,10,14H,1-2,5,7H2,(H,17,18). The second-order valence-electron chi connectivity index (χ2n) is 4.25. The Balaban J connectivity index is 2.13. The summed E-state index contributed by atoms with van der Waals surface area (Å²) in [5.41, 5.74) is 0.845. The number of hydrogen-bond acceptors (Lipinski definition) is 5. The van der Waals surface area contributed by atoms with Gasteiger partial charge in [-0.15, -0.1) is 0 Å². The van der Waals surface area contributed by atoms with Gasteiger partial charge in [-0.3, -0.25) is 0 Å². The zero-order chi connectivity index (χ0) is 13.7. The van der Waals surface area contributed by atoms with Crippen LogP contribution in [0.5, 0.6) is 0 Å². The minimum Gasteiger partial charge on any atom is -0.478 e. The Morgan fingerprint density at radius 2 is 2.42 bits per heavy atom. The van der Waals surface area contributed by atoms with Gasteiger partial charge in [0.15, 0.2) is 0 Å². The lowest BCUT2D eigenvalue weighted by atomic mass is 10.1. The fraction of sp³-hybridized carbons (Fsp3) is 0.385. The van der Waals surface area contributed by atoms with E-state index >= 15 is 0 Å². The summed E-state index contributed by atoms with van der Waals surface area (Å²) in [6, 6.07) is 4.49. The molecule has 0 amide bonds. The van der Waals surface area contributed by atoms with E-state index in [1.165, 1.54) is 12.1 Å². The van der Waals surface area contributed by atoms with E-state index in [9.17, 15) is 9.59 Å². The molecule has 0 bridgehead atoms. The van der Waals surface area contributed by atoms with E-state index in [0.717, 1.165) is 19.4 Å². The molecule has 1 aliphatic rings. The van der Waals surface area contributed by atoms with E-state index in [2.05, 4.69) is 10.3 Å². The number of carbonyl (C=O) groups is 1. The number of carboxylic acids is 1. The van der Waals surface area contributed by atoms with Crippen LogP contribution in [0.3, 0.4) is 0 Å². The zero-order valence-electron chi connectivity index (χ0n) is 10.3. The maximum atomic E-state index is 11.2. The molecule has 2 rings (SSSR count). The maximum Gasteiger partial charge on any atom is 0.337 e. The van der Waals surface area contributed by atoms with Crippen LogP contribution in [0.2, 0.25) is 0 Å². The summed E-state index contributed by atoms with van der Waals surface area (Å²) in [5.74, 6) is -1.07. The third-order valence-electron chi connectivity index (χ3n) is 2.95. The lowest BCUT2D eigenvalue weighted by Gasteiger charge is -2.13. The molecule has 1 aromatic rings. The van der Waals surface area contributed by atoms with Crippen molar-refractivity contribution < 1.29 is 19.4 Å². The zero-order valence-corrected chi connectivity index (χ0v) is 10.3. The van der Waals surface area contributed by atoms with E-state index < -0.39 is 5.97 Å². The van der Waals surface area contributed by atoms with Crippen LogP contribution in [0.25, 0.3) is 0 Å². The largest absolute Gasteiger partial charge is 0.478 e. The summed E-state index contributed by atoms with van der Waals surface area (Å²) in [5, 5.41) is 12.2. The molecule has 1 saturated heterocycles. The van der Waals surface area contributed by atoms with Gasteiger partial charge in [-0.2, -0.15) is 4.99 Å². The second kappa shape index (κ2) is 6.13. The molecule has 1 fully saturated rings. The minimum atomic E-state index is -1.07. The quantitative estimate of drug-likeness (QED) is 0.625. The number of nitrogens with one attached hydrogen (secondary N) is 1. The third-order valence-corrected chi connectivity index (χ3v) is 2.95. The van der Waals surface area contributed by atoms with E-state index in [4.69, 9.17) is 9.84 Å². The molecule has 1 atom stereocenters. The van der Waals surface area contributed by atoms with Gasteiger partial charge in [0.05, 0.1) is 17.4 Å². The van der Waals surface area contributed by atoms with Crippen LogP contribution in [0.1, 0.15) is 23.2 Å². The van der Waals surface area contributed by atoms with Crippen molar-refractivity contribution in [2.75, 3.05) is 18.5 Å². The van der Waals surface area contributed by atoms with E-state index in [1.807, 2.05) is 0 Å². The Morgan fingerprint density at radius 3 is 3.05 bits per heavy atom. The highest BCUT2D eigenvalue weighted by atomic mass is 16.5. The first-order chi connectivity index (χ1) is 9.20. The van der Waals surface area contributed by atoms with E-state index in [0.29, 0.717) is 12.2 Å². The first kappa shape index (κ1) is 13.3. The molecule has 19 heavy (non-hydrogen) atoms. The molecule has 0 aliphatic carbocycles. The average molecular weight is 262 g/mol. The first-order valence-electron chi connectivity index (χ1n) is 6.01. The number of isocyanates is 1. The van der Waals surface area contributed by atoms with Crippen LogP contribution in [0.15, 0.2) is 23.2 Å². The molecule has 1 aliphatic heterocycles. The molecular formula is C13H14N2O4. The third kappa shape index (κ3) is 3.40. The van der Waals surface area contributed by atoms with Crippen LogP contribution in [-0.2, 0) is 9.53 Å². The fourth-order valence-corrected chi connectivity index (χ4v) is 2.01. The summed E-state index contributed by atoms with van der Waals surface area (Å²) in [6.07, 6.45) is 3.52. The number of hydrogen-bond donors (Lipinski definition) is 2. The number of rotatable bonds is 5. The van der Waals surface area contributed by atoms with Crippen molar-refractivity contribution in [1.29, 1.82) is 0 Å². The van der Waals surface area contributed by atoms with Crippen molar-refractivity contribution >= 4 is 23.4 Å². The van der Waals surface area contributed by atoms with Gasteiger partial charge in [0.25, 0.3) is 0 Å². The van der Waals surface area contributed by atoms with Gasteiger partial charge in [-0.05, 0) is 31.0 Å². The SMILES string of the molecule is O=C=Nc1ccc(NCC2CCCO2)c(C(=O)O)c1. The fourth-order valence-electron chi connectivity index (χ4n) is 2.01. The van der Waals surface area contributed by atoms with Gasteiger partial charge in [0.1, 0.15) is 0 Å². The number of ether oxygens (including phenoxy) is 1. The van der Waals surface area contributed by atoms with Crippen molar-refractivity contribution in [1.82, 2.24) is 0 Å². The molecule has 1 unspecified atom stereocenters. The number of aromatic carboxylic acids is 1. The Kier molecular flexibility index (Phi) is 4.28. The number of aliphatic imine (C=N–C) groups is 1. The summed E-state index contributed by atoms with van der Waals surface area (Å²) >= 11 is 0. The van der Waals surface area contributed by atoms with Gasteiger partial charge in [-0.25, -0.2) is 9.59 Å². The predicted octanol–water partition coefficient (Wildman–Crippen LogP) is 1.94. The summed E-state index contributed by atoms with van der Waals surface area (Å²) in [7, 11) is 0. The molecule has 1 heterocycles. The van der Waals surface area contributed by atoms with Crippen LogP contribution < -0.4 is 5.32 Å². The highest BCUT2D eigenvalue weighted by Crippen LogP contribution is 2.23. The number of benzene rings is 1. The lowest BCUT2D eigenvalue weighted by Crippen LogP contribution is -2.19. The Morgan fingerprint density at radius 1 is 1.58 bits per heavy atom. The van der Waals surface area contributed by atoms with E-state index in [1.54, 1.807) is 12.1 Å². The Bertz CT molecular complexity index is 517. The summed E-state index contributed by atoms with van der Waals surface area (Å²) < 4.78 is 5.46. The summed E-state index contributed by atoms with van der Waals surface area (Å²) in [6.45, 7) is 1.32. The Hall–Kier alpha value is -2.17. The molecule has 2 N–H and O–H groups in total. The van der Waals surface area contributed by atoms with Gasteiger partial charge < -0.3 is 15.2 Å². The van der Waals surface area contributed by atoms with Gasteiger partial charge in [0.2, 0.25) is 6.08 Å². The normalized spacial score (nSPS) is 17.8. The number of carbonyl (C=O) groups excluding carboxylic acids is 1. The molecule has 6 nitrogen and oxygen atoms in total. The smallest absolute Gasteiger partial charge is 0.337 e. The van der Waals surface area contributed by atoms with Crippen LogP contribution in [-0.4, -0.2) is 36.4 Å². The van der Waals surface area contributed by atoms with Crippen LogP contribution in [0, 0.1) is 0 Å². The van der Waals surface area contributed by atoms with Crippen molar-refractivity contribution in [2.45, 2.75) is 18.9 Å². The number of carboxylic acid groups (broad SMARTS) is 1. The predicted molar refractivity (Wildman–Crippen MR) is 68.6 cm³/mol. The first-order valence-corrected chi connectivity index (χ1v) is 6.01.